The summed E-state index contributed by atoms with van der Waals surface area (Å²) in [5.41, 5.74) is 0.560. The van der Waals surface area contributed by atoms with Crippen LogP contribution in [-0.2, 0) is 53.9 Å². The fourth-order valence-electron chi connectivity index (χ4n) is 22.1. The third-order valence-corrected chi connectivity index (χ3v) is 27.5. The normalized spacial score (nSPS) is 45.5. The molecule has 0 aliphatic heterocycles. The zero-order valence-corrected chi connectivity index (χ0v) is 62.1. The summed E-state index contributed by atoms with van der Waals surface area (Å²) in [6, 6.07) is 0. The molecule has 0 heterocycles. The zero-order chi connectivity index (χ0) is 56.9. The molecular weight excluding hydrogens is 1160 g/mol. The minimum atomic E-state index is -5.44. The summed E-state index contributed by atoms with van der Waals surface area (Å²) in [5.74, 6) is -0.533. The summed E-state index contributed by atoms with van der Waals surface area (Å²) in [6.45, 7) is 26.8. The van der Waals surface area contributed by atoms with Crippen molar-refractivity contribution in [3.63, 3.8) is 0 Å². The van der Waals surface area contributed by atoms with Crippen molar-refractivity contribution in [1.29, 1.82) is 0 Å². The average molecular weight is 1250 g/mol. The molecule has 25 heteroatoms. The smallest absolute Gasteiger partial charge is 0.748 e. The van der Waals surface area contributed by atoms with Crippen molar-refractivity contribution >= 4 is 41.3 Å². The number of hydrogen-bond donors (Lipinski definition) is 2. The van der Waals surface area contributed by atoms with E-state index in [9.17, 15) is 62.1 Å². The topological polar surface area (TPSA) is 297 Å². The minimum absolute atomic E-state index is 0. The predicted molar refractivity (Wildman–Crippen MR) is 282 cm³/mol. The van der Waals surface area contributed by atoms with E-state index in [1.165, 1.54) is 5.57 Å². The van der Waals surface area contributed by atoms with Crippen molar-refractivity contribution in [2.45, 2.75) is 208 Å². The van der Waals surface area contributed by atoms with E-state index in [0.717, 1.165) is 56.9 Å². The van der Waals surface area contributed by atoms with Crippen LogP contribution in [0.3, 0.4) is 0 Å². The summed E-state index contributed by atoms with van der Waals surface area (Å²) < 4.78 is 162. The third kappa shape index (κ3) is 14.1. The van der Waals surface area contributed by atoms with Gasteiger partial charge >= 0.3 is 118 Å². The first-order chi connectivity index (χ1) is 35.2. The van der Waals surface area contributed by atoms with E-state index in [0.29, 0.717) is 49.9 Å². The van der Waals surface area contributed by atoms with Crippen molar-refractivity contribution in [1.82, 2.24) is 0 Å². The summed E-state index contributed by atoms with van der Waals surface area (Å²) in [4.78, 5) is 0. The number of aliphatic hydroxyl groups is 2. The Kier molecular flexibility index (Phi) is 24.1. The molecule has 9 unspecified atom stereocenters. The van der Waals surface area contributed by atoms with Gasteiger partial charge in [0, 0.05) is 0 Å². The second-order valence-electron chi connectivity index (χ2n) is 28.7. The molecule has 0 bridgehead atoms. The van der Waals surface area contributed by atoms with Gasteiger partial charge in [-0.2, -0.15) is 0 Å². The van der Waals surface area contributed by atoms with Crippen molar-refractivity contribution in [3.05, 3.63) is 23.8 Å². The van der Waals surface area contributed by atoms with Crippen molar-refractivity contribution in [2.24, 2.45) is 116 Å². The first-order valence-corrected chi connectivity index (χ1v) is 34.3. The van der Waals surface area contributed by atoms with Gasteiger partial charge < -0.3 is 28.4 Å². The second kappa shape index (κ2) is 26.1. The van der Waals surface area contributed by atoms with E-state index < -0.39 is 94.8 Å². The molecule has 9 aliphatic carbocycles. The second-order valence-corrected chi connectivity index (χ2v) is 33.4. The van der Waals surface area contributed by atoms with Gasteiger partial charge in [-0.25, -0.2) is 33.7 Å². The fourth-order valence-corrected chi connectivity index (χ4v) is 24.9. The van der Waals surface area contributed by atoms with Gasteiger partial charge in [0.15, 0.2) is 0 Å². The Morgan fingerprint density at radius 1 is 0.580 bits per heavy atom. The SMILES string of the molecule is C=C1CC(C)(C)C(/C(C)=C/[C@@H](C)[C@H]2CC[C@H]3[C@@H]4CC(S(=O)(=O)[O-])C5CC(O)CC[C@]5(C)[C@H]4CC[C@]23C)C1C(C)C(O)[C@@H](C)[C@H]1CC[C@H]2[C@@H]3CC(OS(=O)(=O)[O-])C4C[C@H](OS(=O)(=O)[O-])[C@@H](OS(=O)(=O)[O-])C[C@]4(C)[C@H]3CC[C@]12C.[Na+].[Na+].[Na+].[Na+]. The summed E-state index contributed by atoms with van der Waals surface area (Å²) in [5, 5.41) is 22.5. The monoisotopic (exact) mass is 1250 g/mol. The number of allylic oxidation sites excluding steroid dienone is 3. The maximum absolute atomic E-state index is 13.0. The number of hydrogen-bond acceptors (Lipinski definition) is 17. The van der Waals surface area contributed by atoms with Crippen molar-refractivity contribution < 1.29 is 193 Å². The van der Waals surface area contributed by atoms with E-state index in [-0.39, 0.29) is 218 Å². The van der Waals surface area contributed by atoms with Gasteiger partial charge in [-0.15, -0.1) is 0 Å². The molecule has 442 valence electrons. The van der Waals surface area contributed by atoms with Gasteiger partial charge in [-0.3, -0.25) is 12.5 Å². The van der Waals surface area contributed by atoms with Crippen molar-refractivity contribution in [3.8, 4) is 0 Å². The quantitative estimate of drug-likeness (QED) is 0.0735. The van der Waals surface area contributed by atoms with E-state index in [4.69, 9.17) is 12.5 Å². The summed E-state index contributed by atoms with van der Waals surface area (Å²) in [6.07, 6.45) is 5.76. The Bertz CT molecular complexity index is 2790. The molecule has 0 aromatic heterocycles. The summed E-state index contributed by atoms with van der Waals surface area (Å²) in [7, 11) is -20.7. The van der Waals surface area contributed by atoms with Gasteiger partial charge in [0.25, 0.3) is 0 Å². The van der Waals surface area contributed by atoms with Crippen LogP contribution in [0.15, 0.2) is 23.8 Å². The van der Waals surface area contributed by atoms with Crippen LogP contribution < -0.4 is 118 Å². The first-order valence-electron chi connectivity index (χ1n) is 28.8. The average Bonchev–Trinajstić information content (AvgIpc) is 3.90. The Morgan fingerprint density at radius 2 is 1.05 bits per heavy atom. The Labute approximate surface area is 574 Å². The van der Waals surface area contributed by atoms with Gasteiger partial charge in [0.2, 0.25) is 31.2 Å². The van der Waals surface area contributed by atoms with Crippen molar-refractivity contribution in [2.75, 3.05) is 0 Å². The first kappa shape index (κ1) is 74.6. The Hall–Kier alpha value is 2.92. The number of fused-ring (bicyclic) bond motifs is 10. The molecule has 17 nitrogen and oxygen atoms in total. The van der Waals surface area contributed by atoms with Crippen LogP contribution in [0.4, 0.5) is 0 Å². The van der Waals surface area contributed by atoms with E-state index in [2.05, 4.69) is 75.0 Å². The van der Waals surface area contributed by atoms with Gasteiger partial charge in [-0.1, -0.05) is 86.1 Å². The van der Waals surface area contributed by atoms with Crippen LogP contribution in [0.2, 0.25) is 0 Å². The molecule has 9 rings (SSSR count). The van der Waals surface area contributed by atoms with Crippen LogP contribution in [0.25, 0.3) is 0 Å². The minimum Gasteiger partial charge on any atom is -0.748 e. The van der Waals surface area contributed by atoms with E-state index >= 15 is 0 Å². The maximum Gasteiger partial charge on any atom is 1.00 e. The van der Waals surface area contributed by atoms with Crippen LogP contribution in [0.5, 0.6) is 0 Å². The molecule has 0 aromatic rings. The van der Waals surface area contributed by atoms with Crippen LogP contribution >= 0.6 is 0 Å². The molecule has 9 saturated carbocycles. The maximum atomic E-state index is 13.0. The number of rotatable bonds is 14. The van der Waals surface area contributed by atoms with Crippen LogP contribution in [0, 0.1) is 116 Å². The molecule has 81 heavy (non-hydrogen) atoms. The standard InChI is InChI=1S/C56H92O17S4.4Na/c1-29(37-12-14-40-36-25-48(74(59,60)61)44-23-34(57)16-19-55(44,10)41(36)17-20-53(37,40)8)22-30(2)50-49(31(3)27-52(50,6)7)33(5)51(58)32(4)38-13-15-39-35-24-45(71-75(62,63)64)43-26-46(72-76(65,66)67)47(73-77(68,69)70)28-56(43,11)42(35)18-21-54(38,39)9;;;;/h22,29,32-51,57-58H,3,12-21,23-28H2,1-2,4-11H3,(H,59,60,61)(H,62,63,64)(H,65,66,67)(H,68,69,70);;;;/q;4*+1/p-4/b30-22+;;;;/t29-,32+,33?,34?,35+,36+,37-,38-,39+,40+,41+,42+,43?,44?,45?,46+,47+,48?,49?,50?,51?,53-,54-,55-,56-;;;;/m1..../s1. The van der Waals surface area contributed by atoms with Gasteiger partial charge in [-0.05, 0) is 226 Å². The Balaban J connectivity index is 0.00000301. The molecule has 0 amide bonds. The molecule has 2 N–H and O–H groups in total. The molecule has 9 aliphatic rings. The van der Waals surface area contributed by atoms with E-state index in [1.54, 1.807) is 6.92 Å². The molecule has 9 fully saturated rings. The molecule has 0 spiro atoms. The third-order valence-electron chi connectivity index (χ3n) is 24.8. The predicted octanol–water partition coefficient (Wildman–Crippen LogP) is -3.61. The zero-order valence-electron chi connectivity index (χ0n) is 50.9. The van der Waals surface area contributed by atoms with Crippen LogP contribution in [0.1, 0.15) is 172 Å². The van der Waals surface area contributed by atoms with Gasteiger partial charge in [0.05, 0.1) is 33.7 Å². The molecular formula is C56H88Na4O17S4. The van der Waals surface area contributed by atoms with Crippen LogP contribution in [-0.4, -0.2) is 97.9 Å². The molecule has 0 aromatic carbocycles. The number of aliphatic hydroxyl groups excluding tert-OH is 2. The molecule has 0 radical (unpaired) electrons. The molecule has 0 saturated heterocycles. The van der Waals surface area contributed by atoms with E-state index in [1.807, 2.05) is 0 Å². The molecule has 25 atom stereocenters. The van der Waals surface area contributed by atoms with Gasteiger partial charge in [0.1, 0.15) is 12.2 Å². The fraction of sp³-hybridized carbons (Fsp3) is 0.929. The summed E-state index contributed by atoms with van der Waals surface area (Å²) >= 11 is 0. The Morgan fingerprint density at radius 3 is 1.59 bits per heavy atom. The largest absolute Gasteiger partial charge is 1.00 e.